The molecule has 2 heterocycles. The van der Waals surface area contributed by atoms with E-state index in [2.05, 4.69) is 4.98 Å². The van der Waals surface area contributed by atoms with E-state index in [0.717, 1.165) is 25.7 Å². The number of carbonyl (C=O) groups excluding carboxylic acids is 1. The first-order chi connectivity index (χ1) is 6.90. The van der Waals surface area contributed by atoms with E-state index in [1.807, 2.05) is 0 Å². The molecule has 0 radical (unpaired) electrons. The van der Waals surface area contributed by atoms with Crippen molar-refractivity contribution in [1.29, 1.82) is 0 Å². The van der Waals surface area contributed by atoms with Gasteiger partial charge in [-0.25, -0.2) is 4.98 Å². The number of nitrogens with zero attached hydrogens (tertiary/aromatic N) is 1. The molecule has 1 aliphatic rings. The second-order valence-electron chi connectivity index (χ2n) is 3.45. The van der Waals surface area contributed by atoms with Crippen LogP contribution in [0.5, 0.6) is 0 Å². The molecule has 4 nitrogen and oxygen atoms in total. The molecular formula is C10H13NO3. The lowest BCUT2D eigenvalue weighted by atomic mass is 10.0. The highest BCUT2D eigenvalue weighted by atomic mass is 16.5. The lowest BCUT2D eigenvalue weighted by Gasteiger charge is -2.18. The molecule has 14 heavy (non-hydrogen) atoms. The highest BCUT2D eigenvalue weighted by Crippen LogP contribution is 2.24. The minimum Gasteiger partial charge on any atom is -0.445 e. The maximum atomic E-state index is 10.2. The Morgan fingerprint density at radius 3 is 3.29 bits per heavy atom. The van der Waals surface area contributed by atoms with E-state index in [-0.39, 0.29) is 5.92 Å². The fourth-order valence-electron chi connectivity index (χ4n) is 1.62. The molecule has 76 valence electrons. The summed E-state index contributed by atoms with van der Waals surface area (Å²) in [7, 11) is 0. The van der Waals surface area contributed by atoms with Gasteiger partial charge in [-0.2, -0.15) is 0 Å². The average Bonchev–Trinajstić information content (AvgIpc) is 2.68. The van der Waals surface area contributed by atoms with Crippen molar-refractivity contribution < 1.29 is 13.9 Å². The van der Waals surface area contributed by atoms with Gasteiger partial charge >= 0.3 is 0 Å². The van der Waals surface area contributed by atoms with E-state index in [0.29, 0.717) is 24.7 Å². The van der Waals surface area contributed by atoms with Crippen LogP contribution in [0.2, 0.25) is 0 Å². The van der Waals surface area contributed by atoms with Gasteiger partial charge in [-0.1, -0.05) is 0 Å². The van der Waals surface area contributed by atoms with Crippen molar-refractivity contribution in [3.05, 3.63) is 17.8 Å². The minimum absolute atomic E-state index is 0.268. The number of oxazole rings is 1. The van der Waals surface area contributed by atoms with Crippen LogP contribution in [0.4, 0.5) is 0 Å². The van der Waals surface area contributed by atoms with Crippen LogP contribution in [0, 0.1) is 0 Å². The maximum absolute atomic E-state index is 10.2. The summed E-state index contributed by atoms with van der Waals surface area (Å²) in [4.78, 5) is 14.4. The van der Waals surface area contributed by atoms with Crippen LogP contribution in [0.1, 0.15) is 30.4 Å². The van der Waals surface area contributed by atoms with Gasteiger partial charge in [0.15, 0.2) is 5.89 Å². The highest BCUT2D eigenvalue weighted by Gasteiger charge is 2.20. The molecule has 4 heteroatoms. The SMILES string of the molecule is O=CCc1cnc(C2CCCOC2)o1. The summed E-state index contributed by atoms with van der Waals surface area (Å²) < 4.78 is 10.8. The van der Waals surface area contributed by atoms with E-state index in [1.54, 1.807) is 6.20 Å². The van der Waals surface area contributed by atoms with Crippen LogP contribution in [0.15, 0.2) is 10.6 Å². The zero-order valence-electron chi connectivity index (χ0n) is 7.94. The van der Waals surface area contributed by atoms with Crippen molar-refractivity contribution in [2.24, 2.45) is 0 Å². The number of aldehydes is 1. The standard InChI is InChI=1S/C10H13NO3/c12-4-3-9-6-11-10(14-9)8-2-1-5-13-7-8/h4,6,8H,1-3,5,7H2. The largest absolute Gasteiger partial charge is 0.445 e. The van der Waals surface area contributed by atoms with Crippen LogP contribution in [-0.4, -0.2) is 24.5 Å². The quantitative estimate of drug-likeness (QED) is 0.682. The van der Waals surface area contributed by atoms with Crippen LogP contribution in [0.25, 0.3) is 0 Å². The van der Waals surface area contributed by atoms with Gasteiger partial charge in [0.1, 0.15) is 12.0 Å². The van der Waals surface area contributed by atoms with Crippen molar-refractivity contribution in [2.45, 2.75) is 25.2 Å². The monoisotopic (exact) mass is 195 g/mol. The lowest BCUT2D eigenvalue weighted by Crippen LogP contribution is -2.15. The highest BCUT2D eigenvalue weighted by molar-refractivity contribution is 5.52. The first-order valence-corrected chi connectivity index (χ1v) is 4.86. The molecule has 0 aromatic carbocycles. The third kappa shape index (κ3) is 2.01. The average molecular weight is 195 g/mol. The molecule has 2 rings (SSSR count). The van der Waals surface area contributed by atoms with Crippen LogP contribution in [0.3, 0.4) is 0 Å². The van der Waals surface area contributed by atoms with Crippen molar-refractivity contribution in [3.63, 3.8) is 0 Å². The van der Waals surface area contributed by atoms with Crippen molar-refractivity contribution in [2.75, 3.05) is 13.2 Å². The third-order valence-electron chi connectivity index (χ3n) is 2.37. The number of rotatable bonds is 3. The Balaban J connectivity index is 2.03. The zero-order chi connectivity index (χ0) is 9.80. The van der Waals surface area contributed by atoms with Crippen LogP contribution < -0.4 is 0 Å². The van der Waals surface area contributed by atoms with Gasteiger partial charge in [0.05, 0.1) is 25.1 Å². The minimum atomic E-state index is 0.268. The maximum Gasteiger partial charge on any atom is 0.199 e. The van der Waals surface area contributed by atoms with Gasteiger partial charge in [-0.15, -0.1) is 0 Å². The Hall–Kier alpha value is -1.16. The van der Waals surface area contributed by atoms with Crippen molar-refractivity contribution >= 4 is 6.29 Å². The normalized spacial score (nSPS) is 22.1. The summed E-state index contributed by atoms with van der Waals surface area (Å²) in [6.07, 6.45) is 4.86. The Labute approximate surface area is 82.3 Å². The van der Waals surface area contributed by atoms with E-state index in [1.165, 1.54) is 0 Å². The molecule has 0 aliphatic carbocycles. The van der Waals surface area contributed by atoms with Crippen molar-refractivity contribution in [3.8, 4) is 0 Å². The van der Waals surface area contributed by atoms with Crippen molar-refractivity contribution in [1.82, 2.24) is 4.98 Å². The number of ether oxygens (including phenoxy) is 1. The van der Waals surface area contributed by atoms with Gasteiger partial charge < -0.3 is 13.9 Å². The molecule has 1 aromatic rings. The molecule has 0 spiro atoms. The molecule has 1 unspecified atom stereocenters. The summed E-state index contributed by atoms with van der Waals surface area (Å²) >= 11 is 0. The zero-order valence-corrected chi connectivity index (χ0v) is 7.94. The van der Waals surface area contributed by atoms with Gasteiger partial charge in [0, 0.05) is 6.61 Å². The van der Waals surface area contributed by atoms with Crippen LogP contribution in [-0.2, 0) is 16.0 Å². The predicted octanol–water partition coefficient (Wildman–Crippen LogP) is 1.31. The first kappa shape index (κ1) is 9.40. The van der Waals surface area contributed by atoms with Gasteiger partial charge in [-0.05, 0) is 12.8 Å². The first-order valence-electron chi connectivity index (χ1n) is 4.86. The summed E-state index contributed by atoms with van der Waals surface area (Å²) in [6, 6.07) is 0. The van der Waals surface area contributed by atoms with E-state index >= 15 is 0 Å². The summed E-state index contributed by atoms with van der Waals surface area (Å²) in [6.45, 7) is 1.51. The Kier molecular flexibility index (Phi) is 2.93. The predicted molar refractivity (Wildman–Crippen MR) is 49.1 cm³/mol. The second kappa shape index (κ2) is 4.37. The molecule has 0 saturated carbocycles. The molecule has 1 aromatic heterocycles. The molecule has 1 fully saturated rings. The molecule has 0 bridgehead atoms. The number of hydrogen-bond donors (Lipinski definition) is 0. The Morgan fingerprint density at radius 2 is 2.57 bits per heavy atom. The summed E-state index contributed by atoms with van der Waals surface area (Å²) in [5.74, 6) is 1.62. The molecule has 1 saturated heterocycles. The van der Waals surface area contributed by atoms with Crippen LogP contribution >= 0.6 is 0 Å². The van der Waals surface area contributed by atoms with E-state index < -0.39 is 0 Å². The topological polar surface area (TPSA) is 52.3 Å². The Morgan fingerprint density at radius 1 is 1.64 bits per heavy atom. The molecule has 0 amide bonds. The number of hydrogen-bond acceptors (Lipinski definition) is 4. The van der Waals surface area contributed by atoms with E-state index in [9.17, 15) is 4.79 Å². The van der Waals surface area contributed by atoms with Gasteiger partial charge in [0.2, 0.25) is 0 Å². The fourth-order valence-corrected chi connectivity index (χ4v) is 1.62. The fraction of sp³-hybridized carbons (Fsp3) is 0.600. The number of carbonyl (C=O) groups is 1. The molecular weight excluding hydrogens is 182 g/mol. The molecule has 1 aliphatic heterocycles. The lowest BCUT2D eigenvalue weighted by molar-refractivity contribution is -0.107. The summed E-state index contributed by atoms with van der Waals surface area (Å²) in [5.41, 5.74) is 0. The molecule has 0 N–H and O–H groups in total. The van der Waals surface area contributed by atoms with Gasteiger partial charge in [0.25, 0.3) is 0 Å². The summed E-state index contributed by atoms with van der Waals surface area (Å²) in [5, 5.41) is 0. The number of aromatic nitrogens is 1. The van der Waals surface area contributed by atoms with Gasteiger partial charge in [-0.3, -0.25) is 0 Å². The Bertz CT molecular complexity index is 302. The second-order valence-corrected chi connectivity index (χ2v) is 3.45. The third-order valence-corrected chi connectivity index (χ3v) is 2.37. The molecule has 1 atom stereocenters. The smallest absolute Gasteiger partial charge is 0.199 e. The van der Waals surface area contributed by atoms with E-state index in [4.69, 9.17) is 9.15 Å².